The summed E-state index contributed by atoms with van der Waals surface area (Å²) in [6, 6.07) is 129. The first-order chi connectivity index (χ1) is 59.3. The molecule has 12 aromatic carbocycles. The number of rotatable bonds is 12. The molecule has 0 spiro atoms. The Bertz CT molecular complexity index is 8020. The maximum absolute atomic E-state index is 5.08. The predicted octanol–water partition coefficient (Wildman–Crippen LogP) is 26.2. The van der Waals surface area contributed by atoms with Crippen molar-refractivity contribution < 1.29 is 63.2 Å². The minimum atomic E-state index is 0. The van der Waals surface area contributed by atoms with E-state index in [-0.39, 0.29) is 63.2 Å². The van der Waals surface area contributed by atoms with Gasteiger partial charge in [-0.3, -0.25) is 15.0 Å². The van der Waals surface area contributed by atoms with Crippen molar-refractivity contribution >= 4 is 133 Å². The fourth-order valence-electron chi connectivity index (χ4n) is 16.9. The Morgan fingerprint density at radius 3 is 1.20 bits per heavy atom. The Kier molecular flexibility index (Phi) is 21.9. The molecule has 0 N–H and O–H groups in total. The fraction of sp³-hybridized carbons (Fsp3) is 0.0286. The van der Waals surface area contributed by atoms with Crippen LogP contribution in [0.2, 0.25) is 0 Å². The van der Waals surface area contributed by atoms with Crippen LogP contribution < -0.4 is 0 Å². The van der Waals surface area contributed by atoms with Crippen molar-refractivity contribution in [2.45, 2.75) is 0 Å². The van der Waals surface area contributed by atoms with Crippen molar-refractivity contribution in [2.75, 3.05) is 0 Å². The minimum Gasteiger partial charge on any atom is -0.367 e. The van der Waals surface area contributed by atoms with E-state index in [0.29, 0.717) is 0 Å². The van der Waals surface area contributed by atoms with Crippen molar-refractivity contribution in [2.24, 2.45) is 21.1 Å². The zero-order valence-corrected chi connectivity index (χ0v) is 75.2. The van der Waals surface area contributed by atoms with Crippen LogP contribution in [0.1, 0.15) is 0 Å². The van der Waals surface area contributed by atoms with Crippen molar-refractivity contribution in [1.29, 1.82) is 0 Å². The fourth-order valence-corrected chi connectivity index (χ4v) is 19.2. The van der Waals surface area contributed by atoms with Gasteiger partial charge in [-0.1, -0.05) is 185 Å². The van der Waals surface area contributed by atoms with E-state index in [4.69, 9.17) is 15.0 Å². The molecule has 12 heterocycles. The molecule has 0 aliphatic carbocycles. The van der Waals surface area contributed by atoms with Crippen LogP contribution >= 0.6 is 34.0 Å². The van der Waals surface area contributed by atoms with Gasteiger partial charge in [-0.05, 0) is 167 Å². The summed E-state index contributed by atoms with van der Waals surface area (Å²) in [7, 11) is 6.23. The Morgan fingerprint density at radius 1 is 0.268 bits per heavy atom. The van der Waals surface area contributed by atoms with E-state index in [1.54, 1.807) is 34.0 Å². The second kappa shape index (κ2) is 33.8. The van der Waals surface area contributed by atoms with Gasteiger partial charge in [0.2, 0.25) is 0 Å². The number of hydrogen-bond donors (Lipinski definition) is 0. The van der Waals surface area contributed by atoms with Gasteiger partial charge in [-0.2, -0.15) is 11.3 Å². The number of aromatic nitrogens is 12. The third kappa shape index (κ3) is 14.3. The third-order valence-electron chi connectivity index (χ3n) is 22.4. The van der Waals surface area contributed by atoms with Gasteiger partial charge in [0.05, 0.1) is 56.1 Å². The Morgan fingerprint density at radius 2 is 0.683 bits per heavy atom. The molecule has 123 heavy (non-hydrogen) atoms. The standard InChI is InChI=1S/3C35H22N4S.3Pt/c1-38-31-16-5-3-14-29(31)37-35(38)24-21-27(33-17-9-19-40-33)34-26-12-2-4-15-30(26)39(32(34)22-24)25-11-8-10-23(20-25)28-13-6-7-18-36-28;1-38-32-16-5-3-14-30(32)37-35(38)28-22-33-26(21-27(28)34-17-9-19-40-34)25-12-2-4-15-31(25)39(33)24-11-8-10-23(20-24)29-13-6-7-18-36-29;1-38-31-15-3-2-14-30(31)37-35(38)24-17-18-26-27-11-7-12-28(33-16-8-20-40-33)34(27)39(32(26)22-24)25-10-6-9-23(21-25)29-13-4-5-19-36-29;;;/h2*2-19,21H,1H3;2-20H,1H3;;;/q3*-2;3*+2. The van der Waals surface area contributed by atoms with Gasteiger partial charge in [0.15, 0.2) is 0 Å². The monoisotopic (exact) mass is 2180 g/mol. The molecule has 24 aromatic rings. The number of hydrogen-bond acceptors (Lipinski definition) is 9. The average molecular weight is 2180 g/mol. The molecule has 0 saturated carbocycles. The van der Waals surface area contributed by atoms with Crippen molar-refractivity contribution in [3.8, 4) is 116 Å². The van der Waals surface area contributed by atoms with Crippen LogP contribution in [0.5, 0.6) is 0 Å². The Labute approximate surface area is 763 Å². The van der Waals surface area contributed by atoms with Crippen LogP contribution in [0.4, 0.5) is 0 Å². The number of para-hydroxylation sites is 9. The van der Waals surface area contributed by atoms with E-state index in [0.717, 1.165) is 168 Å². The maximum Gasteiger partial charge on any atom is 2.00 e. The van der Waals surface area contributed by atoms with Crippen molar-refractivity contribution in [3.05, 3.63) is 381 Å². The van der Waals surface area contributed by atoms with Gasteiger partial charge in [0, 0.05) is 66.1 Å². The summed E-state index contributed by atoms with van der Waals surface area (Å²) >= 11 is 5.24. The second-order valence-electron chi connectivity index (χ2n) is 29.4. The zero-order chi connectivity index (χ0) is 79.9. The summed E-state index contributed by atoms with van der Waals surface area (Å²) in [5.41, 5.74) is 27.4. The van der Waals surface area contributed by atoms with E-state index in [1.807, 2.05) is 91.4 Å². The summed E-state index contributed by atoms with van der Waals surface area (Å²) in [4.78, 5) is 32.4. The largest absolute Gasteiger partial charge is 2.00 e. The normalized spacial score (nSPS) is 11.3. The maximum atomic E-state index is 5.08. The molecule has 24 rings (SSSR count). The van der Waals surface area contributed by atoms with Crippen molar-refractivity contribution in [3.63, 3.8) is 0 Å². The number of thiophene rings is 3. The molecule has 0 bridgehead atoms. The van der Waals surface area contributed by atoms with Crippen LogP contribution in [0, 0.1) is 36.4 Å². The SMILES string of the molecule is Cn1c(-c2[c-]c3c(c(-c4cccs4)c2)c2ccccc2n3-c2[c-]c(-c3ccccn3)ccc2)nc2ccccc21.Cn1c(-c2[c-]c3c(cc2)c2cccc(-c4cccs4)c2n3-c2[c-]c(-c3ccccn3)ccc2)nc2ccccc21.Cn1c(-c2[c-]c3c(cc2-c2cccs2)c2ccccc2n3-c2[c-]c(-c3ccccn3)ccc2)nc2ccccc21.[Pt+2].[Pt+2].[Pt+2]. The van der Waals surface area contributed by atoms with E-state index in [2.05, 4.69) is 353 Å². The van der Waals surface area contributed by atoms with Gasteiger partial charge >= 0.3 is 63.2 Å². The van der Waals surface area contributed by atoms with E-state index < -0.39 is 0 Å². The van der Waals surface area contributed by atoms with Gasteiger partial charge < -0.3 is 42.4 Å². The molecule has 18 heteroatoms. The molecular weight excluding hydrogens is 2110 g/mol. The van der Waals surface area contributed by atoms with Crippen LogP contribution in [0.25, 0.3) is 215 Å². The molecule has 0 radical (unpaired) electrons. The molecular formula is C105H66N12Pt3S3. The summed E-state index contributed by atoms with van der Waals surface area (Å²) in [5, 5.41) is 13.4. The molecule has 0 aliphatic rings. The van der Waals surface area contributed by atoms with E-state index in [1.165, 1.54) is 47.3 Å². The van der Waals surface area contributed by atoms with Gasteiger partial charge in [-0.25, -0.2) is 0 Å². The van der Waals surface area contributed by atoms with Gasteiger partial charge in [0.25, 0.3) is 0 Å². The summed E-state index contributed by atoms with van der Waals surface area (Å²) < 4.78 is 13.3. The van der Waals surface area contributed by atoms with Crippen LogP contribution in [0.3, 0.4) is 0 Å². The topological polar surface area (TPSA) is 107 Å². The predicted molar refractivity (Wildman–Crippen MR) is 494 cm³/mol. The second-order valence-corrected chi connectivity index (χ2v) is 32.2. The van der Waals surface area contributed by atoms with Gasteiger partial charge in [-0.15, -0.1) is 166 Å². The zero-order valence-electron chi connectivity index (χ0n) is 65.9. The summed E-state index contributed by atoms with van der Waals surface area (Å²) in [5.74, 6) is 2.68. The quantitative estimate of drug-likeness (QED) is 0.113. The van der Waals surface area contributed by atoms with Crippen LogP contribution in [-0.4, -0.2) is 57.3 Å². The molecule has 12 aromatic heterocycles. The molecule has 0 aliphatic heterocycles. The minimum absolute atomic E-state index is 0. The van der Waals surface area contributed by atoms with E-state index in [9.17, 15) is 0 Å². The van der Waals surface area contributed by atoms with Gasteiger partial charge in [0.1, 0.15) is 0 Å². The summed E-state index contributed by atoms with van der Waals surface area (Å²) in [6.07, 6.45) is 5.46. The number of benzene rings is 12. The number of nitrogens with zero attached hydrogens (tertiary/aromatic N) is 12. The average Bonchev–Trinajstić information content (AvgIpc) is 1.58. The third-order valence-corrected chi connectivity index (χ3v) is 25.1. The molecule has 12 nitrogen and oxygen atoms in total. The van der Waals surface area contributed by atoms with Crippen LogP contribution in [0.15, 0.2) is 344 Å². The smallest absolute Gasteiger partial charge is 0.367 e. The molecule has 0 unspecified atom stereocenters. The first-order valence-corrected chi connectivity index (χ1v) is 42.1. The molecule has 0 fully saturated rings. The number of fused-ring (bicyclic) bond motifs is 12. The Balaban J connectivity index is 0.000000120. The molecule has 0 amide bonds. The molecule has 0 atom stereocenters. The molecule has 594 valence electrons. The number of aryl methyl sites for hydroxylation is 3. The Hall–Kier alpha value is -12.9. The first kappa shape index (κ1) is 79.8. The number of pyridine rings is 3. The van der Waals surface area contributed by atoms with Crippen molar-refractivity contribution in [1.82, 2.24) is 57.3 Å². The molecule has 0 saturated heterocycles. The first-order valence-electron chi connectivity index (χ1n) is 39.5. The summed E-state index contributed by atoms with van der Waals surface area (Å²) in [6.45, 7) is 0. The van der Waals surface area contributed by atoms with E-state index >= 15 is 0 Å². The number of imidazole rings is 3. The van der Waals surface area contributed by atoms with Crippen LogP contribution in [-0.2, 0) is 84.3 Å².